The van der Waals surface area contributed by atoms with Crippen molar-refractivity contribution in [2.75, 3.05) is 20.3 Å². The number of rotatable bonds is 6. The summed E-state index contributed by atoms with van der Waals surface area (Å²) in [4.78, 5) is 12.6. The molecule has 0 radical (unpaired) electrons. The average molecular weight is 307 g/mol. The summed E-state index contributed by atoms with van der Waals surface area (Å²) in [5.41, 5.74) is 1.60. The van der Waals surface area contributed by atoms with E-state index in [1.165, 1.54) is 0 Å². The molecule has 122 valence electrons. The van der Waals surface area contributed by atoms with E-state index in [1.807, 2.05) is 11.6 Å². The van der Waals surface area contributed by atoms with E-state index in [-0.39, 0.29) is 24.0 Å². The SMILES string of the molecule is CCCn1ncc(C(=O)N[C@H]2[C@H]3CCO[C@H]3[C@H]2COC)c1C. The molecule has 0 spiro atoms. The fourth-order valence-corrected chi connectivity index (χ4v) is 3.77. The first-order chi connectivity index (χ1) is 10.7. The van der Waals surface area contributed by atoms with Gasteiger partial charge in [0.2, 0.25) is 0 Å². The van der Waals surface area contributed by atoms with Gasteiger partial charge in [-0.1, -0.05) is 6.92 Å². The normalized spacial score (nSPS) is 30.0. The zero-order valence-corrected chi connectivity index (χ0v) is 13.5. The zero-order valence-electron chi connectivity index (χ0n) is 13.5. The predicted octanol–water partition coefficient (Wildman–Crippen LogP) is 1.38. The Balaban J connectivity index is 1.68. The summed E-state index contributed by atoms with van der Waals surface area (Å²) in [6.45, 7) is 6.31. The van der Waals surface area contributed by atoms with Crippen molar-refractivity contribution in [1.29, 1.82) is 0 Å². The number of carbonyl (C=O) groups is 1. The highest BCUT2D eigenvalue weighted by Gasteiger charge is 2.54. The maximum Gasteiger partial charge on any atom is 0.254 e. The first-order valence-corrected chi connectivity index (χ1v) is 8.11. The number of hydrogen-bond donors (Lipinski definition) is 1. The van der Waals surface area contributed by atoms with E-state index in [2.05, 4.69) is 17.3 Å². The molecule has 1 saturated heterocycles. The third-order valence-electron chi connectivity index (χ3n) is 4.97. The van der Waals surface area contributed by atoms with E-state index in [0.29, 0.717) is 18.1 Å². The summed E-state index contributed by atoms with van der Waals surface area (Å²) in [5.74, 6) is 0.652. The highest BCUT2D eigenvalue weighted by molar-refractivity contribution is 5.95. The number of carbonyl (C=O) groups excluding carboxylic acids is 1. The molecule has 0 unspecified atom stereocenters. The van der Waals surface area contributed by atoms with E-state index < -0.39 is 0 Å². The standard InChI is InChI=1S/C16H25N3O3/c1-4-6-19-10(2)12(8-17-19)16(20)18-14-11-5-7-22-15(11)13(14)9-21-3/h8,11,13-15H,4-7,9H2,1-3H3,(H,18,20)/t11-,13+,14+,15-/m1/s1. The quantitative estimate of drug-likeness (QED) is 0.862. The van der Waals surface area contributed by atoms with Gasteiger partial charge in [0.15, 0.2) is 0 Å². The predicted molar refractivity (Wildman–Crippen MR) is 81.7 cm³/mol. The molecule has 3 rings (SSSR count). The lowest BCUT2D eigenvalue weighted by Gasteiger charge is -2.47. The van der Waals surface area contributed by atoms with Gasteiger partial charge in [0.05, 0.1) is 24.5 Å². The number of ether oxygens (including phenoxy) is 2. The van der Waals surface area contributed by atoms with Gasteiger partial charge in [-0.3, -0.25) is 9.48 Å². The van der Waals surface area contributed by atoms with Crippen LogP contribution in [0.2, 0.25) is 0 Å². The number of fused-ring (bicyclic) bond motifs is 1. The van der Waals surface area contributed by atoms with Crippen molar-refractivity contribution in [2.45, 2.75) is 45.4 Å². The van der Waals surface area contributed by atoms with Crippen molar-refractivity contribution in [3.8, 4) is 0 Å². The van der Waals surface area contributed by atoms with Gasteiger partial charge in [-0.05, 0) is 19.8 Å². The van der Waals surface area contributed by atoms with E-state index in [4.69, 9.17) is 9.47 Å². The summed E-state index contributed by atoms with van der Waals surface area (Å²) in [6, 6.07) is 0.147. The number of aromatic nitrogens is 2. The van der Waals surface area contributed by atoms with Crippen molar-refractivity contribution in [1.82, 2.24) is 15.1 Å². The minimum absolute atomic E-state index is 0.0312. The van der Waals surface area contributed by atoms with Crippen LogP contribution in [0.1, 0.15) is 35.8 Å². The fraction of sp³-hybridized carbons (Fsp3) is 0.750. The fourth-order valence-electron chi connectivity index (χ4n) is 3.77. The number of methoxy groups -OCH3 is 1. The Labute approximate surface area is 131 Å². The molecule has 1 aliphatic heterocycles. The Morgan fingerprint density at radius 2 is 2.41 bits per heavy atom. The molecule has 2 heterocycles. The van der Waals surface area contributed by atoms with Crippen LogP contribution in [0.25, 0.3) is 0 Å². The Kier molecular flexibility index (Phi) is 4.49. The van der Waals surface area contributed by atoms with Crippen LogP contribution in [0, 0.1) is 18.8 Å². The lowest BCUT2D eigenvalue weighted by atomic mass is 9.67. The van der Waals surface area contributed by atoms with Crippen LogP contribution in [0.3, 0.4) is 0 Å². The molecule has 1 amide bonds. The maximum atomic E-state index is 12.6. The molecule has 22 heavy (non-hydrogen) atoms. The second-order valence-electron chi connectivity index (χ2n) is 6.27. The maximum absolute atomic E-state index is 12.6. The minimum Gasteiger partial charge on any atom is -0.384 e. The molecule has 1 aromatic rings. The lowest BCUT2D eigenvalue weighted by Crippen LogP contribution is -2.62. The summed E-state index contributed by atoms with van der Waals surface area (Å²) < 4.78 is 12.9. The highest BCUT2D eigenvalue weighted by atomic mass is 16.5. The van der Waals surface area contributed by atoms with Gasteiger partial charge in [0.1, 0.15) is 0 Å². The van der Waals surface area contributed by atoms with Crippen molar-refractivity contribution in [3.63, 3.8) is 0 Å². The molecule has 1 aromatic heterocycles. The van der Waals surface area contributed by atoms with E-state index in [0.717, 1.165) is 31.7 Å². The minimum atomic E-state index is -0.0312. The molecule has 1 saturated carbocycles. The summed E-state index contributed by atoms with van der Waals surface area (Å²) >= 11 is 0. The molecular formula is C16H25N3O3. The Morgan fingerprint density at radius 3 is 3.14 bits per heavy atom. The van der Waals surface area contributed by atoms with Crippen LogP contribution in [0.15, 0.2) is 6.20 Å². The molecule has 2 aliphatic rings. The molecule has 6 heteroatoms. The first kappa shape index (κ1) is 15.5. The average Bonchev–Trinajstić information content (AvgIpc) is 3.08. The van der Waals surface area contributed by atoms with E-state index in [1.54, 1.807) is 13.3 Å². The van der Waals surface area contributed by atoms with Crippen molar-refractivity contribution >= 4 is 5.91 Å². The van der Waals surface area contributed by atoms with Crippen LogP contribution in [-0.4, -0.2) is 48.2 Å². The van der Waals surface area contributed by atoms with Crippen molar-refractivity contribution in [2.24, 2.45) is 11.8 Å². The van der Waals surface area contributed by atoms with Crippen molar-refractivity contribution < 1.29 is 14.3 Å². The summed E-state index contributed by atoms with van der Waals surface area (Å²) in [6.07, 6.45) is 3.94. The molecular weight excluding hydrogens is 282 g/mol. The van der Waals surface area contributed by atoms with Gasteiger partial charge in [0.25, 0.3) is 5.91 Å². The molecule has 1 aliphatic carbocycles. The number of nitrogens with one attached hydrogen (secondary N) is 1. The van der Waals surface area contributed by atoms with Gasteiger partial charge >= 0.3 is 0 Å². The topological polar surface area (TPSA) is 65.4 Å². The summed E-state index contributed by atoms with van der Waals surface area (Å²) in [7, 11) is 1.69. The number of nitrogens with zero attached hydrogens (tertiary/aromatic N) is 2. The Hall–Kier alpha value is -1.40. The molecule has 2 fully saturated rings. The highest BCUT2D eigenvalue weighted by Crippen LogP contribution is 2.43. The number of hydrogen-bond acceptors (Lipinski definition) is 4. The second kappa shape index (κ2) is 6.38. The van der Waals surface area contributed by atoms with Gasteiger partial charge in [-0.25, -0.2) is 0 Å². The number of amides is 1. The zero-order chi connectivity index (χ0) is 15.7. The van der Waals surface area contributed by atoms with Crippen LogP contribution in [0.5, 0.6) is 0 Å². The monoisotopic (exact) mass is 307 g/mol. The Morgan fingerprint density at radius 1 is 1.59 bits per heavy atom. The van der Waals surface area contributed by atoms with E-state index in [9.17, 15) is 4.79 Å². The van der Waals surface area contributed by atoms with Gasteiger partial charge < -0.3 is 14.8 Å². The molecule has 0 aromatic carbocycles. The first-order valence-electron chi connectivity index (χ1n) is 8.11. The second-order valence-corrected chi connectivity index (χ2v) is 6.27. The number of aryl methyl sites for hydroxylation is 1. The van der Waals surface area contributed by atoms with Crippen molar-refractivity contribution in [3.05, 3.63) is 17.5 Å². The molecule has 6 nitrogen and oxygen atoms in total. The largest absolute Gasteiger partial charge is 0.384 e. The molecule has 0 bridgehead atoms. The smallest absolute Gasteiger partial charge is 0.254 e. The molecule has 4 atom stereocenters. The van der Waals surface area contributed by atoms with E-state index >= 15 is 0 Å². The lowest BCUT2D eigenvalue weighted by molar-refractivity contribution is -0.0809. The summed E-state index contributed by atoms with van der Waals surface area (Å²) in [5, 5.41) is 7.49. The van der Waals surface area contributed by atoms with Crippen LogP contribution < -0.4 is 5.32 Å². The molecule has 1 N–H and O–H groups in total. The third-order valence-corrected chi connectivity index (χ3v) is 4.97. The third kappa shape index (κ3) is 2.54. The van der Waals surface area contributed by atoms with Gasteiger partial charge in [-0.15, -0.1) is 0 Å². The van der Waals surface area contributed by atoms with Crippen LogP contribution >= 0.6 is 0 Å². The van der Waals surface area contributed by atoms with Gasteiger partial charge in [-0.2, -0.15) is 5.10 Å². The Bertz CT molecular complexity index is 543. The van der Waals surface area contributed by atoms with Crippen LogP contribution in [0.4, 0.5) is 0 Å². The van der Waals surface area contributed by atoms with Gasteiger partial charge in [0, 0.05) is 43.8 Å². The van der Waals surface area contributed by atoms with Crippen LogP contribution in [-0.2, 0) is 16.0 Å².